The van der Waals surface area contributed by atoms with E-state index in [4.69, 9.17) is 0 Å². The van der Waals surface area contributed by atoms with E-state index >= 15 is 0 Å². The normalized spacial score (nSPS) is 15.8. The minimum Gasteiger partial charge on any atom is -0.144 e. The molecule has 14 heavy (non-hydrogen) atoms. The van der Waals surface area contributed by atoms with Crippen LogP contribution in [0.1, 0.15) is 18.1 Å². The van der Waals surface area contributed by atoms with Crippen LogP contribution in [-0.2, 0) is 32.7 Å². The summed E-state index contributed by atoms with van der Waals surface area (Å²) < 4.78 is 0. The Bertz CT molecular complexity index is 411. The molecule has 0 amide bonds. The first-order chi connectivity index (χ1) is 6.36. The number of hydrogen-bond acceptors (Lipinski definition) is 0. The van der Waals surface area contributed by atoms with Gasteiger partial charge in [0.25, 0.3) is 0 Å². The molecule has 0 N–H and O–H groups in total. The van der Waals surface area contributed by atoms with E-state index in [-0.39, 0.29) is 32.7 Å². The molecular formula is C13H11Y-. The largest absolute Gasteiger partial charge is 0.144 e. The molecule has 0 saturated carbocycles. The van der Waals surface area contributed by atoms with E-state index in [0.29, 0.717) is 0 Å². The van der Waals surface area contributed by atoms with Crippen molar-refractivity contribution >= 4 is 11.1 Å². The van der Waals surface area contributed by atoms with Gasteiger partial charge in [0.1, 0.15) is 0 Å². The van der Waals surface area contributed by atoms with Crippen LogP contribution in [0.25, 0.3) is 11.1 Å². The third-order valence-corrected chi connectivity index (χ3v) is 2.27. The van der Waals surface area contributed by atoms with Gasteiger partial charge in [0.05, 0.1) is 0 Å². The van der Waals surface area contributed by atoms with Crippen LogP contribution in [0, 0.1) is 6.08 Å². The van der Waals surface area contributed by atoms with Crippen LogP contribution >= 0.6 is 0 Å². The first-order valence-electron chi connectivity index (χ1n) is 4.39. The van der Waals surface area contributed by atoms with Crippen LogP contribution in [0.15, 0.2) is 43.0 Å². The Morgan fingerprint density at radius 3 is 2.43 bits per heavy atom. The minimum atomic E-state index is 0. The molecule has 0 aromatic heterocycles. The zero-order chi connectivity index (χ0) is 9.26. The number of benzene rings is 1. The zero-order valence-electron chi connectivity index (χ0n) is 8.25. The summed E-state index contributed by atoms with van der Waals surface area (Å²) in [5.74, 6) is 0. The smallest absolute Gasteiger partial charge is 0 e. The van der Waals surface area contributed by atoms with Gasteiger partial charge in [0.15, 0.2) is 0 Å². The first-order valence-corrected chi connectivity index (χ1v) is 4.39. The molecule has 0 fully saturated rings. The molecule has 0 unspecified atom stereocenters. The molecule has 1 aromatic carbocycles. The zero-order valence-corrected chi connectivity index (χ0v) is 11.1. The maximum absolute atomic E-state index is 3.78. The summed E-state index contributed by atoms with van der Waals surface area (Å²) in [6.07, 6.45) is 7.25. The molecule has 2 rings (SSSR count). The van der Waals surface area contributed by atoms with E-state index in [0.717, 1.165) is 5.57 Å². The van der Waals surface area contributed by atoms with Gasteiger partial charge in [0.2, 0.25) is 0 Å². The van der Waals surface area contributed by atoms with Gasteiger partial charge in [-0.25, -0.2) is 0 Å². The van der Waals surface area contributed by atoms with Gasteiger partial charge in [-0.1, -0.05) is 31.2 Å². The Labute approximate surface area is 110 Å². The quantitative estimate of drug-likeness (QED) is 0.675. The molecule has 0 heterocycles. The maximum atomic E-state index is 3.78. The second-order valence-corrected chi connectivity index (χ2v) is 2.99. The second-order valence-electron chi connectivity index (χ2n) is 2.99. The molecule has 1 aliphatic rings. The maximum Gasteiger partial charge on any atom is 0 e. The van der Waals surface area contributed by atoms with Crippen LogP contribution in [0.5, 0.6) is 0 Å². The fourth-order valence-electron chi connectivity index (χ4n) is 1.62. The predicted molar refractivity (Wildman–Crippen MR) is 56.9 cm³/mol. The van der Waals surface area contributed by atoms with Crippen molar-refractivity contribution in [2.45, 2.75) is 6.92 Å². The van der Waals surface area contributed by atoms with Crippen molar-refractivity contribution in [3.8, 4) is 0 Å². The summed E-state index contributed by atoms with van der Waals surface area (Å²) in [7, 11) is 0. The van der Waals surface area contributed by atoms with Gasteiger partial charge in [0, 0.05) is 32.7 Å². The minimum absolute atomic E-state index is 0. The van der Waals surface area contributed by atoms with E-state index in [1.165, 1.54) is 16.7 Å². The van der Waals surface area contributed by atoms with Gasteiger partial charge in [-0.2, -0.15) is 0 Å². The number of fused-ring (bicyclic) bond motifs is 1. The Morgan fingerprint density at radius 1 is 1.21 bits per heavy atom. The average molecular weight is 256 g/mol. The van der Waals surface area contributed by atoms with Crippen molar-refractivity contribution < 1.29 is 32.7 Å². The fourth-order valence-corrected chi connectivity index (χ4v) is 1.62. The number of allylic oxidation sites excluding steroid dienone is 5. The number of rotatable bonds is 1. The van der Waals surface area contributed by atoms with Gasteiger partial charge in [-0.15, -0.1) is 47.1 Å². The van der Waals surface area contributed by atoms with Crippen LogP contribution in [-0.4, -0.2) is 0 Å². The van der Waals surface area contributed by atoms with Gasteiger partial charge in [-0.05, 0) is 0 Å². The summed E-state index contributed by atoms with van der Waals surface area (Å²) in [5.41, 5.74) is 4.78. The fraction of sp³-hybridized carbons (Fsp3) is 0.0769. The summed E-state index contributed by atoms with van der Waals surface area (Å²) >= 11 is 0. The van der Waals surface area contributed by atoms with Crippen LogP contribution < -0.4 is 0 Å². The predicted octanol–water partition coefficient (Wildman–Crippen LogP) is 3.47. The van der Waals surface area contributed by atoms with Crippen molar-refractivity contribution in [3.05, 3.63) is 60.2 Å². The molecule has 0 saturated heterocycles. The molecule has 0 aliphatic heterocycles. The van der Waals surface area contributed by atoms with Gasteiger partial charge in [-0.3, -0.25) is 0 Å². The summed E-state index contributed by atoms with van der Waals surface area (Å²) in [6, 6.07) is 8.32. The van der Waals surface area contributed by atoms with E-state index in [2.05, 4.69) is 36.9 Å². The van der Waals surface area contributed by atoms with Crippen molar-refractivity contribution in [1.29, 1.82) is 0 Å². The second kappa shape index (κ2) is 4.86. The third-order valence-electron chi connectivity index (χ3n) is 2.27. The molecule has 1 radical (unpaired) electrons. The third kappa shape index (κ3) is 1.82. The average Bonchev–Trinajstić information content (AvgIpc) is 2.56. The monoisotopic (exact) mass is 256 g/mol. The Balaban J connectivity index is 0.000000980. The van der Waals surface area contributed by atoms with E-state index in [1.807, 2.05) is 19.1 Å². The SMILES string of the molecule is C=CC1=[C-]/C(=C/C)c2ccccc21.[Y]. The Kier molecular flexibility index (Phi) is 4.03. The van der Waals surface area contributed by atoms with Crippen molar-refractivity contribution in [2.24, 2.45) is 0 Å². The molecular weight excluding hydrogens is 245 g/mol. The van der Waals surface area contributed by atoms with E-state index < -0.39 is 0 Å². The Morgan fingerprint density at radius 2 is 1.86 bits per heavy atom. The summed E-state index contributed by atoms with van der Waals surface area (Å²) in [5, 5.41) is 0. The molecule has 67 valence electrons. The van der Waals surface area contributed by atoms with E-state index in [1.54, 1.807) is 0 Å². The molecule has 0 spiro atoms. The topological polar surface area (TPSA) is 0 Å². The van der Waals surface area contributed by atoms with E-state index in [9.17, 15) is 0 Å². The standard InChI is InChI=1S/C13H11.Y/c1-3-10-9-11(4-2)13-8-6-5-7-12(10)13;/h3-8H,1H2,2H3;/q-1;/b11-4-;. The molecule has 1 aromatic rings. The van der Waals surface area contributed by atoms with Gasteiger partial charge >= 0.3 is 0 Å². The van der Waals surface area contributed by atoms with Crippen LogP contribution in [0.4, 0.5) is 0 Å². The number of hydrogen-bond donors (Lipinski definition) is 0. The molecule has 1 aliphatic carbocycles. The molecule has 0 nitrogen and oxygen atoms in total. The molecule has 0 bridgehead atoms. The molecule has 0 atom stereocenters. The van der Waals surface area contributed by atoms with Crippen LogP contribution in [0.3, 0.4) is 0 Å². The van der Waals surface area contributed by atoms with Crippen molar-refractivity contribution in [3.63, 3.8) is 0 Å². The Hall–Kier alpha value is -0.456. The van der Waals surface area contributed by atoms with Crippen LogP contribution in [0.2, 0.25) is 0 Å². The summed E-state index contributed by atoms with van der Waals surface area (Å²) in [4.78, 5) is 0. The first kappa shape index (κ1) is 11.6. The molecule has 1 heteroatoms. The summed E-state index contributed by atoms with van der Waals surface area (Å²) in [6.45, 7) is 5.82. The van der Waals surface area contributed by atoms with Gasteiger partial charge < -0.3 is 0 Å². The van der Waals surface area contributed by atoms with Crippen molar-refractivity contribution in [1.82, 2.24) is 0 Å². The van der Waals surface area contributed by atoms with Crippen molar-refractivity contribution in [2.75, 3.05) is 0 Å².